The van der Waals surface area contributed by atoms with E-state index in [2.05, 4.69) is 27.7 Å². The molecule has 1 fully saturated rings. The second-order valence-corrected chi connectivity index (χ2v) is 7.23. The van der Waals surface area contributed by atoms with E-state index < -0.39 is 0 Å². The first-order chi connectivity index (χ1) is 12.1. The number of hydrogen-bond donors (Lipinski definition) is 2. The number of rotatable bonds is 5. The van der Waals surface area contributed by atoms with Gasteiger partial charge in [0.05, 0.1) is 0 Å². The number of nitrogens with zero attached hydrogens (tertiary/aromatic N) is 1. The fourth-order valence-electron chi connectivity index (χ4n) is 3.46. The molecule has 0 aliphatic carbocycles. The molecule has 2 amide bonds. The highest BCUT2D eigenvalue weighted by Gasteiger charge is 2.21. The van der Waals surface area contributed by atoms with Crippen LogP contribution in [0, 0.1) is 5.92 Å². The Hall–Kier alpha value is -1.95. The summed E-state index contributed by atoms with van der Waals surface area (Å²) in [5.74, 6) is 2.19. The summed E-state index contributed by atoms with van der Waals surface area (Å²) in [5.41, 5.74) is 1.25. The van der Waals surface area contributed by atoms with Gasteiger partial charge in [-0.1, -0.05) is 6.07 Å². The SMILES string of the molecule is CC(C)NC(=O)NCC1CCCN(Cc2ccc3c(c2)OCCO3)C1. The number of carbonyl (C=O) groups is 1. The summed E-state index contributed by atoms with van der Waals surface area (Å²) in [6, 6.07) is 6.30. The molecule has 3 rings (SSSR count). The zero-order valence-corrected chi connectivity index (χ0v) is 15.2. The lowest BCUT2D eigenvalue weighted by Crippen LogP contribution is -2.45. The molecule has 0 bridgehead atoms. The third kappa shape index (κ3) is 5.26. The summed E-state index contributed by atoms with van der Waals surface area (Å²) < 4.78 is 11.3. The van der Waals surface area contributed by atoms with Crippen molar-refractivity contribution in [3.8, 4) is 11.5 Å². The van der Waals surface area contributed by atoms with E-state index >= 15 is 0 Å². The maximum atomic E-state index is 11.7. The van der Waals surface area contributed by atoms with Crippen LogP contribution in [0.2, 0.25) is 0 Å². The molecule has 0 radical (unpaired) electrons. The van der Waals surface area contributed by atoms with Crippen LogP contribution in [0.4, 0.5) is 4.79 Å². The van der Waals surface area contributed by atoms with Gasteiger partial charge in [0.15, 0.2) is 11.5 Å². The second-order valence-electron chi connectivity index (χ2n) is 7.23. The zero-order valence-electron chi connectivity index (χ0n) is 15.2. The van der Waals surface area contributed by atoms with Crippen LogP contribution in [0.15, 0.2) is 18.2 Å². The van der Waals surface area contributed by atoms with E-state index in [4.69, 9.17) is 9.47 Å². The van der Waals surface area contributed by atoms with E-state index in [9.17, 15) is 4.79 Å². The van der Waals surface area contributed by atoms with Crippen LogP contribution >= 0.6 is 0 Å². The van der Waals surface area contributed by atoms with Gasteiger partial charge >= 0.3 is 6.03 Å². The minimum Gasteiger partial charge on any atom is -0.486 e. The fourth-order valence-corrected chi connectivity index (χ4v) is 3.46. The Morgan fingerprint density at radius 1 is 1.28 bits per heavy atom. The molecule has 1 unspecified atom stereocenters. The second kappa shape index (κ2) is 8.43. The number of hydrogen-bond acceptors (Lipinski definition) is 4. The van der Waals surface area contributed by atoms with Gasteiger partial charge < -0.3 is 20.1 Å². The Morgan fingerprint density at radius 3 is 2.88 bits per heavy atom. The third-order valence-electron chi connectivity index (χ3n) is 4.59. The minimum atomic E-state index is -0.0704. The third-order valence-corrected chi connectivity index (χ3v) is 4.59. The van der Waals surface area contributed by atoms with Crippen molar-refractivity contribution in [3.05, 3.63) is 23.8 Å². The number of amides is 2. The van der Waals surface area contributed by atoms with Crippen molar-refractivity contribution in [2.45, 2.75) is 39.3 Å². The Bertz CT molecular complexity index is 591. The fraction of sp³-hybridized carbons (Fsp3) is 0.632. The van der Waals surface area contributed by atoms with Crippen LogP contribution < -0.4 is 20.1 Å². The Kier molecular flexibility index (Phi) is 6.02. The first-order valence-electron chi connectivity index (χ1n) is 9.25. The number of piperidine rings is 1. The molecule has 138 valence electrons. The van der Waals surface area contributed by atoms with Crippen molar-refractivity contribution in [1.82, 2.24) is 15.5 Å². The average Bonchev–Trinajstić information content (AvgIpc) is 2.60. The van der Waals surface area contributed by atoms with Crippen molar-refractivity contribution in [2.75, 3.05) is 32.8 Å². The van der Waals surface area contributed by atoms with Gasteiger partial charge in [0.2, 0.25) is 0 Å². The Labute approximate surface area is 149 Å². The molecule has 1 saturated heterocycles. The van der Waals surface area contributed by atoms with Gasteiger partial charge in [0.25, 0.3) is 0 Å². The van der Waals surface area contributed by atoms with Crippen molar-refractivity contribution in [3.63, 3.8) is 0 Å². The van der Waals surface area contributed by atoms with E-state index in [0.717, 1.165) is 37.7 Å². The highest BCUT2D eigenvalue weighted by atomic mass is 16.6. The van der Waals surface area contributed by atoms with Gasteiger partial charge in [0, 0.05) is 25.7 Å². The van der Waals surface area contributed by atoms with E-state index in [1.54, 1.807) is 0 Å². The maximum Gasteiger partial charge on any atom is 0.314 e. The summed E-state index contributed by atoms with van der Waals surface area (Å²) in [6.45, 7) is 8.93. The molecule has 6 heteroatoms. The van der Waals surface area contributed by atoms with E-state index in [1.165, 1.54) is 18.4 Å². The van der Waals surface area contributed by atoms with Crippen LogP contribution in [0.25, 0.3) is 0 Å². The summed E-state index contributed by atoms with van der Waals surface area (Å²) in [5, 5.41) is 5.87. The predicted molar refractivity (Wildman–Crippen MR) is 97.1 cm³/mol. The summed E-state index contributed by atoms with van der Waals surface area (Å²) in [4.78, 5) is 14.2. The molecule has 0 saturated carbocycles. The number of carbonyl (C=O) groups excluding carboxylic acids is 1. The molecule has 2 aliphatic heterocycles. The van der Waals surface area contributed by atoms with Crippen molar-refractivity contribution in [1.29, 1.82) is 0 Å². The number of ether oxygens (including phenoxy) is 2. The van der Waals surface area contributed by atoms with E-state index in [1.807, 2.05) is 19.9 Å². The summed E-state index contributed by atoms with van der Waals surface area (Å²) >= 11 is 0. The van der Waals surface area contributed by atoms with Crippen molar-refractivity contribution >= 4 is 6.03 Å². The lowest BCUT2D eigenvalue weighted by molar-refractivity contribution is 0.161. The zero-order chi connectivity index (χ0) is 17.6. The number of urea groups is 1. The lowest BCUT2D eigenvalue weighted by Gasteiger charge is -2.33. The number of fused-ring (bicyclic) bond motifs is 1. The molecule has 0 aromatic heterocycles. The van der Waals surface area contributed by atoms with E-state index in [0.29, 0.717) is 19.1 Å². The molecule has 2 aliphatic rings. The quantitative estimate of drug-likeness (QED) is 0.858. The molecular formula is C19H29N3O3. The maximum absolute atomic E-state index is 11.7. The summed E-state index contributed by atoms with van der Waals surface area (Å²) in [6.07, 6.45) is 2.34. The van der Waals surface area contributed by atoms with Crippen LogP contribution in [-0.4, -0.2) is 49.8 Å². The minimum absolute atomic E-state index is 0.0704. The number of nitrogens with one attached hydrogen (secondary N) is 2. The van der Waals surface area contributed by atoms with Gasteiger partial charge in [0.1, 0.15) is 13.2 Å². The number of likely N-dealkylation sites (tertiary alicyclic amines) is 1. The highest BCUT2D eigenvalue weighted by Crippen LogP contribution is 2.31. The highest BCUT2D eigenvalue weighted by molar-refractivity contribution is 5.74. The van der Waals surface area contributed by atoms with Crippen LogP contribution in [-0.2, 0) is 6.54 Å². The monoisotopic (exact) mass is 347 g/mol. The molecule has 2 N–H and O–H groups in total. The van der Waals surface area contributed by atoms with Crippen molar-refractivity contribution < 1.29 is 14.3 Å². The van der Waals surface area contributed by atoms with Crippen LogP contribution in [0.1, 0.15) is 32.3 Å². The van der Waals surface area contributed by atoms with Gasteiger partial charge in [-0.05, 0) is 56.8 Å². The first kappa shape index (κ1) is 17.9. The molecule has 6 nitrogen and oxygen atoms in total. The molecule has 0 spiro atoms. The normalized spacial score (nSPS) is 20.4. The number of benzene rings is 1. The molecule has 1 aromatic carbocycles. The predicted octanol–water partition coefficient (Wildman–Crippen LogP) is 2.38. The Balaban J connectivity index is 1.49. The summed E-state index contributed by atoms with van der Waals surface area (Å²) in [7, 11) is 0. The van der Waals surface area contributed by atoms with Gasteiger partial charge in [-0.15, -0.1) is 0 Å². The molecular weight excluding hydrogens is 318 g/mol. The topological polar surface area (TPSA) is 62.8 Å². The van der Waals surface area contributed by atoms with Gasteiger partial charge in [-0.3, -0.25) is 4.90 Å². The molecule has 2 heterocycles. The first-order valence-corrected chi connectivity index (χ1v) is 9.25. The van der Waals surface area contributed by atoms with Gasteiger partial charge in [-0.25, -0.2) is 4.79 Å². The Morgan fingerprint density at radius 2 is 2.08 bits per heavy atom. The van der Waals surface area contributed by atoms with Gasteiger partial charge in [-0.2, -0.15) is 0 Å². The molecule has 25 heavy (non-hydrogen) atoms. The van der Waals surface area contributed by atoms with Crippen LogP contribution in [0.5, 0.6) is 11.5 Å². The standard InChI is InChI=1S/C19H29N3O3/c1-14(2)21-19(23)20-11-16-4-3-7-22(13-16)12-15-5-6-17-18(10-15)25-9-8-24-17/h5-6,10,14,16H,3-4,7-9,11-13H2,1-2H3,(H2,20,21,23). The average molecular weight is 347 g/mol. The van der Waals surface area contributed by atoms with Crippen molar-refractivity contribution in [2.24, 2.45) is 5.92 Å². The lowest BCUT2D eigenvalue weighted by atomic mass is 9.97. The smallest absolute Gasteiger partial charge is 0.314 e. The molecule has 1 atom stereocenters. The van der Waals surface area contributed by atoms with Crippen LogP contribution in [0.3, 0.4) is 0 Å². The van der Waals surface area contributed by atoms with E-state index in [-0.39, 0.29) is 12.1 Å². The molecule has 1 aromatic rings. The largest absolute Gasteiger partial charge is 0.486 e.